The minimum Gasteiger partial charge on any atom is -0.347 e. The molecule has 0 atom stereocenters. The van der Waals surface area contributed by atoms with Crippen LogP contribution < -0.4 is 5.32 Å². The fourth-order valence-corrected chi connectivity index (χ4v) is 2.74. The number of imidazole rings is 1. The summed E-state index contributed by atoms with van der Waals surface area (Å²) in [6.07, 6.45) is 1.61. The van der Waals surface area contributed by atoms with Gasteiger partial charge in [-0.05, 0) is 36.0 Å². The molecule has 0 fully saturated rings. The molecule has 0 bridgehead atoms. The molecule has 2 N–H and O–H groups in total. The molecule has 0 saturated carbocycles. The van der Waals surface area contributed by atoms with Gasteiger partial charge in [0.2, 0.25) is 0 Å². The third-order valence-electron chi connectivity index (χ3n) is 3.42. The second-order valence-electron chi connectivity index (χ2n) is 4.92. The standard InChI is InChI=1S/C17H14ClN3OS/c18-14-9-5-4-6-12(14)10-19-16(22)15-11-20-17(23)21(15)13-7-2-1-3-8-13/h1-9,11H,10H2,(H,19,22)(H,20,23). The molecular formula is C17H14ClN3OS. The second-order valence-corrected chi connectivity index (χ2v) is 5.72. The van der Waals surface area contributed by atoms with E-state index in [0.717, 1.165) is 11.3 Å². The quantitative estimate of drug-likeness (QED) is 0.700. The van der Waals surface area contributed by atoms with Crippen LogP contribution in [0.25, 0.3) is 5.69 Å². The summed E-state index contributed by atoms with van der Waals surface area (Å²) in [4.78, 5) is 15.4. The van der Waals surface area contributed by atoms with E-state index in [0.29, 0.717) is 22.0 Å². The fourth-order valence-electron chi connectivity index (χ4n) is 2.28. The van der Waals surface area contributed by atoms with Crippen molar-refractivity contribution in [1.29, 1.82) is 0 Å². The van der Waals surface area contributed by atoms with Crippen molar-refractivity contribution in [2.75, 3.05) is 0 Å². The highest BCUT2D eigenvalue weighted by atomic mass is 35.5. The first-order valence-corrected chi connectivity index (χ1v) is 7.83. The molecule has 0 saturated heterocycles. The van der Waals surface area contributed by atoms with Crippen LogP contribution in [0.5, 0.6) is 0 Å². The van der Waals surface area contributed by atoms with Crippen LogP contribution in [-0.2, 0) is 6.54 Å². The zero-order valence-corrected chi connectivity index (χ0v) is 13.7. The Morgan fingerprint density at radius 3 is 2.57 bits per heavy atom. The van der Waals surface area contributed by atoms with Crippen molar-refractivity contribution in [2.24, 2.45) is 0 Å². The van der Waals surface area contributed by atoms with E-state index in [-0.39, 0.29) is 5.91 Å². The summed E-state index contributed by atoms with van der Waals surface area (Å²) in [7, 11) is 0. The minimum atomic E-state index is -0.221. The Labute approximate surface area is 143 Å². The van der Waals surface area contributed by atoms with E-state index in [1.165, 1.54) is 0 Å². The van der Waals surface area contributed by atoms with Gasteiger partial charge in [0.1, 0.15) is 5.69 Å². The summed E-state index contributed by atoms with van der Waals surface area (Å²) in [6.45, 7) is 0.352. The molecular weight excluding hydrogens is 330 g/mol. The smallest absolute Gasteiger partial charge is 0.270 e. The van der Waals surface area contributed by atoms with Crippen LogP contribution >= 0.6 is 23.8 Å². The van der Waals surface area contributed by atoms with Crippen LogP contribution in [0.3, 0.4) is 0 Å². The Morgan fingerprint density at radius 1 is 1.13 bits per heavy atom. The zero-order chi connectivity index (χ0) is 16.2. The van der Waals surface area contributed by atoms with Gasteiger partial charge in [0.15, 0.2) is 4.77 Å². The van der Waals surface area contributed by atoms with Gasteiger partial charge in [0, 0.05) is 23.5 Å². The summed E-state index contributed by atoms with van der Waals surface area (Å²) >= 11 is 11.4. The number of rotatable bonds is 4. The predicted octanol–water partition coefficient (Wildman–Crippen LogP) is 4.12. The second kappa shape index (κ2) is 6.81. The van der Waals surface area contributed by atoms with Crippen molar-refractivity contribution in [1.82, 2.24) is 14.9 Å². The average Bonchev–Trinajstić information content (AvgIpc) is 2.96. The molecule has 23 heavy (non-hydrogen) atoms. The number of hydrogen-bond donors (Lipinski definition) is 2. The molecule has 1 heterocycles. The van der Waals surface area contributed by atoms with Gasteiger partial charge in [0.25, 0.3) is 5.91 Å². The molecule has 1 aromatic heterocycles. The van der Waals surface area contributed by atoms with Crippen LogP contribution in [-0.4, -0.2) is 15.5 Å². The molecule has 4 nitrogen and oxygen atoms in total. The molecule has 0 aliphatic heterocycles. The van der Waals surface area contributed by atoms with Crippen LogP contribution in [0.1, 0.15) is 16.1 Å². The van der Waals surface area contributed by atoms with E-state index in [1.807, 2.05) is 48.5 Å². The molecule has 0 radical (unpaired) electrons. The van der Waals surface area contributed by atoms with E-state index in [2.05, 4.69) is 10.3 Å². The molecule has 6 heteroatoms. The lowest BCUT2D eigenvalue weighted by atomic mass is 10.2. The molecule has 1 amide bonds. The highest BCUT2D eigenvalue weighted by Crippen LogP contribution is 2.16. The van der Waals surface area contributed by atoms with Gasteiger partial charge >= 0.3 is 0 Å². The van der Waals surface area contributed by atoms with Gasteiger partial charge in [-0.25, -0.2) is 0 Å². The number of nitrogens with one attached hydrogen (secondary N) is 2. The number of para-hydroxylation sites is 1. The van der Waals surface area contributed by atoms with Crippen LogP contribution in [0.2, 0.25) is 5.02 Å². The van der Waals surface area contributed by atoms with Gasteiger partial charge in [-0.2, -0.15) is 0 Å². The van der Waals surface area contributed by atoms with Gasteiger partial charge in [0.05, 0.1) is 0 Å². The number of aromatic nitrogens is 2. The maximum absolute atomic E-state index is 12.5. The summed E-state index contributed by atoms with van der Waals surface area (Å²) in [6, 6.07) is 16.9. The van der Waals surface area contributed by atoms with Crippen LogP contribution in [0.15, 0.2) is 60.8 Å². The molecule has 0 spiro atoms. The van der Waals surface area contributed by atoms with Gasteiger partial charge in [-0.3, -0.25) is 9.36 Å². The summed E-state index contributed by atoms with van der Waals surface area (Å²) in [5.74, 6) is -0.221. The summed E-state index contributed by atoms with van der Waals surface area (Å²) < 4.78 is 2.18. The molecule has 3 rings (SSSR count). The first-order chi connectivity index (χ1) is 11.2. The van der Waals surface area contributed by atoms with Gasteiger partial charge in [-0.1, -0.05) is 48.0 Å². The maximum Gasteiger partial charge on any atom is 0.270 e. The third kappa shape index (κ3) is 3.36. The summed E-state index contributed by atoms with van der Waals surface area (Å²) in [5.41, 5.74) is 2.15. The fraction of sp³-hybridized carbons (Fsp3) is 0.0588. The number of aromatic amines is 1. The van der Waals surface area contributed by atoms with Crippen molar-refractivity contribution in [3.05, 3.63) is 81.8 Å². The first kappa shape index (κ1) is 15.5. The van der Waals surface area contributed by atoms with Gasteiger partial charge < -0.3 is 10.3 Å². The monoisotopic (exact) mass is 343 g/mol. The van der Waals surface area contributed by atoms with E-state index in [4.69, 9.17) is 23.8 Å². The van der Waals surface area contributed by atoms with E-state index >= 15 is 0 Å². The molecule has 0 aliphatic carbocycles. The van der Waals surface area contributed by atoms with Crippen LogP contribution in [0.4, 0.5) is 0 Å². The zero-order valence-electron chi connectivity index (χ0n) is 12.1. The number of nitrogens with zero attached hydrogens (tertiary/aromatic N) is 1. The summed E-state index contributed by atoms with van der Waals surface area (Å²) in [5, 5.41) is 3.50. The number of carbonyl (C=O) groups is 1. The Kier molecular flexibility index (Phi) is 4.60. The number of carbonyl (C=O) groups excluding carboxylic acids is 1. The molecule has 0 unspecified atom stereocenters. The van der Waals surface area contributed by atoms with Crippen molar-refractivity contribution in [2.45, 2.75) is 6.54 Å². The normalized spacial score (nSPS) is 10.5. The Hall–Kier alpha value is -2.37. The predicted molar refractivity (Wildman–Crippen MR) is 93.6 cm³/mol. The molecule has 116 valence electrons. The van der Waals surface area contributed by atoms with Crippen molar-refractivity contribution in [3.8, 4) is 5.69 Å². The minimum absolute atomic E-state index is 0.221. The van der Waals surface area contributed by atoms with Crippen molar-refractivity contribution in [3.63, 3.8) is 0 Å². The Bertz CT molecular complexity index is 886. The van der Waals surface area contributed by atoms with Crippen molar-refractivity contribution < 1.29 is 4.79 Å². The number of amides is 1. The number of halogens is 1. The SMILES string of the molecule is O=C(NCc1ccccc1Cl)c1c[nH]c(=S)n1-c1ccccc1. The average molecular weight is 344 g/mol. The number of benzene rings is 2. The highest BCUT2D eigenvalue weighted by Gasteiger charge is 2.14. The molecule has 2 aromatic carbocycles. The highest BCUT2D eigenvalue weighted by molar-refractivity contribution is 7.71. The van der Waals surface area contributed by atoms with E-state index in [1.54, 1.807) is 16.8 Å². The number of H-pyrrole nitrogens is 1. The lowest BCUT2D eigenvalue weighted by Crippen LogP contribution is -2.25. The molecule has 3 aromatic rings. The van der Waals surface area contributed by atoms with Crippen LogP contribution in [0, 0.1) is 4.77 Å². The third-order valence-corrected chi connectivity index (χ3v) is 4.09. The van der Waals surface area contributed by atoms with Crippen molar-refractivity contribution >= 4 is 29.7 Å². The lowest BCUT2D eigenvalue weighted by Gasteiger charge is -2.10. The largest absolute Gasteiger partial charge is 0.347 e. The topological polar surface area (TPSA) is 49.8 Å². The number of hydrogen-bond acceptors (Lipinski definition) is 2. The first-order valence-electron chi connectivity index (χ1n) is 7.04. The lowest BCUT2D eigenvalue weighted by molar-refractivity contribution is 0.0944. The van der Waals surface area contributed by atoms with Gasteiger partial charge in [-0.15, -0.1) is 0 Å². The maximum atomic E-state index is 12.5. The molecule has 0 aliphatic rings. The van der Waals surface area contributed by atoms with E-state index < -0.39 is 0 Å². The Balaban J connectivity index is 1.84. The van der Waals surface area contributed by atoms with E-state index in [9.17, 15) is 4.79 Å². The Morgan fingerprint density at radius 2 is 1.83 bits per heavy atom.